The van der Waals surface area contributed by atoms with Crippen molar-refractivity contribution in [3.8, 4) is 0 Å². The fourth-order valence-corrected chi connectivity index (χ4v) is 2.90. The molecule has 0 fully saturated rings. The SMILES string of the molecule is CCNc1nc2ccc(C(=O)NCCCc3ncc[nH]3)cc2nc1C(C)C. The molecule has 7 nitrogen and oxygen atoms in total. The number of rotatable bonds is 8. The second-order valence-corrected chi connectivity index (χ2v) is 6.74. The summed E-state index contributed by atoms with van der Waals surface area (Å²) >= 11 is 0. The van der Waals surface area contributed by atoms with Crippen molar-refractivity contribution in [3.63, 3.8) is 0 Å². The highest BCUT2D eigenvalue weighted by atomic mass is 16.1. The Labute approximate surface area is 159 Å². The lowest BCUT2D eigenvalue weighted by molar-refractivity contribution is 0.0953. The molecule has 27 heavy (non-hydrogen) atoms. The van der Waals surface area contributed by atoms with Crippen LogP contribution in [0, 0.1) is 0 Å². The van der Waals surface area contributed by atoms with Crippen molar-refractivity contribution >= 4 is 22.8 Å². The second kappa shape index (κ2) is 8.62. The molecule has 0 aliphatic carbocycles. The van der Waals surface area contributed by atoms with E-state index in [0.29, 0.717) is 12.1 Å². The Morgan fingerprint density at radius 1 is 1.22 bits per heavy atom. The third kappa shape index (κ3) is 4.61. The van der Waals surface area contributed by atoms with Gasteiger partial charge in [0, 0.05) is 37.5 Å². The molecule has 0 saturated carbocycles. The predicted molar refractivity (Wildman–Crippen MR) is 107 cm³/mol. The molecule has 142 valence electrons. The number of nitrogens with zero attached hydrogens (tertiary/aromatic N) is 3. The molecule has 1 amide bonds. The van der Waals surface area contributed by atoms with Gasteiger partial charge in [-0.15, -0.1) is 0 Å². The number of carbonyl (C=O) groups is 1. The molecule has 0 bridgehead atoms. The second-order valence-electron chi connectivity index (χ2n) is 6.74. The zero-order chi connectivity index (χ0) is 19.2. The number of aromatic nitrogens is 4. The van der Waals surface area contributed by atoms with E-state index in [0.717, 1.165) is 47.8 Å². The highest BCUT2D eigenvalue weighted by Crippen LogP contribution is 2.24. The number of aromatic amines is 1. The minimum atomic E-state index is -0.0972. The number of nitrogens with one attached hydrogen (secondary N) is 3. The molecular weight excluding hydrogens is 340 g/mol. The third-order valence-electron chi connectivity index (χ3n) is 4.28. The van der Waals surface area contributed by atoms with Crippen molar-refractivity contribution in [1.82, 2.24) is 25.3 Å². The first-order chi connectivity index (χ1) is 13.1. The predicted octanol–water partition coefficient (Wildman–Crippen LogP) is 3.27. The van der Waals surface area contributed by atoms with Crippen LogP contribution in [0.25, 0.3) is 11.0 Å². The van der Waals surface area contributed by atoms with Crippen LogP contribution in [0.15, 0.2) is 30.6 Å². The first-order valence-corrected chi connectivity index (χ1v) is 9.40. The summed E-state index contributed by atoms with van der Waals surface area (Å²) in [6, 6.07) is 5.46. The first-order valence-electron chi connectivity index (χ1n) is 9.40. The molecule has 2 heterocycles. The molecule has 3 rings (SSSR count). The summed E-state index contributed by atoms with van der Waals surface area (Å²) in [5.41, 5.74) is 3.04. The van der Waals surface area contributed by atoms with E-state index in [1.807, 2.05) is 19.1 Å². The van der Waals surface area contributed by atoms with Gasteiger partial charge in [0.15, 0.2) is 0 Å². The van der Waals surface area contributed by atoms with Crippen LogP contribution >= 0.6 is 0 Å². The Morgan fingerprint density at radius 3 is 2.78 bits per heavy atom. The minimum Gasteiger partial charge on any atom is -0.369 e. The normalized spacial score (nSPS) is 11.1. The molecule has 0 unspecified atom stereocenters. The molecule has 0 aliphatic rings. The van der Waals surface area contributed by atoms with Gasteiger partial charge in [-0.05, 0) is 37.5 Å². The van der Waals surface area contributed by atoms with E-state index in [1.165, 1.54) is 0 Å². The minimum absolute atomic E-state index is 0.0972. The van der Waals surface area contributed by atoms with Crippen molar-refractivity contribution in [2.45, 2.75) is 39.5 Å². The third-order valence-corrected chi connectivity index (χ3v) is 4.28. The first kappa shape index (κ1) is 18.8. The largest absolute Gasteiger partial charge is 0.369 e. The van der Waals surface area contributed by atoms with E-state index in [4.69, 9.17) is 4.98 Å². The number of carbonyl (C=O) groups excluding carboxylic acids is 1. The van der Waals surface area contributed by atoms with E-state index in [-0.39, 0.29) is 11.8 Å². The molecule has 1 aromatic carbocycles. The Balaban J connectivity index is 1.70. The van der Waals surface area contributed by atoms with Crippen LogP contribution in [0.5, 0.6) is 0 Å². The maximum Gasteiger partial charge on any atom is 0.251 e. The van der Waals surface area contributed by atoms with Crippen molar-refractivity contribution < 1.29 is 4.79 Å². The zero-order valence-corrected chi connectivity index (χ0v) is 16.0. The van der Waals surface area contributed by atoms with Crippen molar-refractivity contribution in [2.24, 2.45) is 0 Å². The van der Waals surface area contributed by atoms with Gasteiger partial charge >= 0.3 is 0 Å². The molecule has 0 saturated heterocycles. The number of benzene rings is 1. The fraction of sp³-hybridized carbons (Fsp3) is 0.400. The van der Waals surface area contributed by atoms with Crippen molar-refractivity contribution in [3.05, 3.63) is 47.7 Å². The number of hydrogen-bond acceptors (Lipinski definition) is 5. The number of H-pyrrole nitrogens is 1. The number of imidazole rings is 1. The van der Waals surface area contributed by atoms with Gasteiger partial charge in [0.1, 0.15) is 11.6 Å². The number of anilines is 1. The smallest absolute Gasteiger partial charge is 0.251 e. The van der Waals surface area contributed by atoms with Crippen LogP contribution in [-0.2, 0) is 6.42 Å². The van der Waals surface area contributed by atoms with Crippen LogP contribution in [0.2, 0.25) is 0 Å². The zero-order valence-electron chi connectivity index (χ0n) is 16.0. The monoisotopic (exact) mass is 366 g/mol. The Morgan fingerprint density at radius 2 is 2.07 bits per heavy atom. The van der Waals surface area contributed by atoms with Crippen LogP contribution in [0.4, 0.5) is 5.82 Å². The highest BCUT2D eigenvalue weighted by molar-refractivity contribution is 5.97. The van der Waals surface area contributed by atoms with Gasteiger partial charge in [-0.3, -0.25) is 4.79 Å². The van der Waals surface area contributed by atoms with Crippen LogP contribution in [0.1, 0.15) is 55.0 Å². The number of hydrogen-bond donors (Lipinski definition) is 3. The lowest BCUT2D eigenvalue weighted by atomic mass is 10.1. The fourth-order valence-electron chi connectivity index (χ4n) is 2.90. The number of fused-ring (bicyclic) bond motifs is 1. The average Bonchev–Trinajstić information content (AvgIpc) is 3.17. The van der Waals surface area contributed by atoms with E-state index in [1.54, 1.807) is 18.5 Å². The van der Waals surface area contributed by atoms with Gasteiger partial charge in [0.25, 0.3) is 5.91 Å². The summed E-state index contributed by atoms with van der Waals surface area (Å²) in [6.45, 7) is 7.60. The molecule has 0 atom stereocenters. The molecule has 2 aromatic heterocycles. The van der Waals surface area contributed by atoms with Crippen molar-refractivity contribution in [2.75, 3.05) is 18.4 Å². The van der Waals surface area contributed by atoms with Gasteiger partial charge in [-0.25, -0.2) is 15.0 Å². The Hall–Kier alpha value is -2.96. The summed E-state index contributed by atoms with van der Waals surface area (Å²) in [7, 11) is 0. The quantitative estimate of drug-likeness (QED) is 0.532. The number of aryl methyl sites for hydroxylation is 1. The van der Waals surface area contributed by atoms with E-state index < -0.39 is 0 Å². The molecular formula is C20H26N6O. The van der Waals surface area contributed by atoms with Gasteiger partial charge < -0.3 is 15.6 Å². The molecule has 0 aliphatic heterocycles. The molecule has 0 radical (unpaired) electrons. The Kier molecular flexibility index (Phi) is 6.01. The van der Waals surface area contributed by atoms with Gasteiger partial charge in [-0.2, -0.15) is 0 Å². The summed E-state index contributed by atoms with van der Waals surface area (Å²) in [5.74, 6) is 1.90. The summed E-state index contributed by atoms with van der Waals surface area (Å²) < 4.78 is 0. The Bertz CT molecular complexity index is 904. The molecule has 7 heteroatoms. The van der Waals surface area contributed by atoms with E-state index >= 15 is 0 Å². The number of amides is 1. The van der Waals surface area contributed by atoms with Gasteiger partial charge in [0.05, 0.1) is 16.7 Å². The lowest BCUT2D eigenvalue weighted by Gasteiger charge is -2.13. The molecule has 3 N–H and O–H groups in total. The summed E-state index contributed by atoms with van der Waals surface area (Å²) in [6.07, 6.45) is 5.17. The van der Waals surface area contributed by atoms with Crippen LogP contribution < -0.4 is 10.6 Å². The van der Waals surface area contributed by atoms with E-state index in [9.17, 15) is 4.79 Å². The highest BCUT2D eigenvalue weighted by Gasteiger charge is 2.13. The maximum absolute atomic E-state index is 12.4. The summed E-state index contributed by atoms with van der Waals surface area (Å²) in [5, 5.41) is 6.23. The molecule has 0 spiro atoms. The maximum atomic E-state index is 12.4. The molecule has 3 aromatic rings. The standard InChI is InChI=1S/C20H26N6O/c1-4-21-19-18(13(2)3)25-16-12-14(7-8-15(16)26-19)20(27)24-9-5-6-17-22-10-11-23-17/h7-8,10-13H,4-6,9H2,1-3H3,(H,21,26)(H,22,23)(H,24,27). The van der Waals surface area contributed by atoms with Crippen LogP contribution in [-0.4, -0.2) is 38.9 Å². The van der Waals surface area contributed by atoms with Crippen molar-refractivity contribution in [1.29, 1.82) is 0 Å². The lowest BCUT2D eigenvalue weighted by Crippen LogP contribution is -2.24. The summed E-state index contributed by atoms with van der Waals surface area (Å²) in [4.78, 5) is 29.1. The topological polar surface area (TPSA) is 95.6 Å². The van der Waals surface area contributed by atoms with E-state index in [2.05, 4.69) is 39.4 Å². The van der Waals surface area contributed by atoms with Gasteiger partial charge in [0.2, 0.25) is 0 Å². The van der Waals surface area contributed by atoms with Crippen LogP contribution in [0.3, 0.4) is 0 Å². The van der Waals surface area contributed by atoms with Gasteiger partial charge in [-0.1, -0.05) is 13.8 Å². The average molecular weight is 366 g/mol.